The first-order valence-corrected chi connectivity index (χ1v) is 9.28. The minimum atomic E-state index is -0.403. The Hall–Kier alpha value is -2.47. The van der Waals surface area contributed by atoms with Crippen LogP contribution in [0.25, 0.3) is 4.96 Å². The number of aryl methyl sites for hydroxylation is 4. The van der Waals surface area contributed by atoms with E-state index in [4.69, 9.17) is 0 Å². The van der Waals surface area contributed by atoms with E-state index < -0.39 is 5.91 Å². The van der Waals surface area contributed by atoms with E-state index in [0.717, 1.165) is 48.2 Å². The van der Waals surface area contributed by atoms with Gasteiger partial charge in [0.15, 0.2) is 4.96 Å². The topological polar surface area (TPSA) is 63.5 Å². The van der Waals surface area contributed by atoms with E-state index in [9.17, 15) is 9.59 Å². The third-order valence-corrected chi connectivity index (χ3v) is 5.92. The minimum Gasteiger partial charge on any atom is -0.321 e. The molecule has 25 heavy (non-hydrogen) atoms. The molecule has 1 aliphatic rings. The average Bonchev–Trinajstić information content (AvgIpc) is 2.97. The Morgan fingerprint density at radius 1 is 1.20 bits per heavy atom. The van der Waals surface area contributed by atoms with Crippen molar-refractivity contribution in [2.45, 2.75) is 39.5 Å². The highest BCUT2D eigenvalue weighted by atomic mass is 32.1. The van der Waals surface area contributed by atoms with Crippen molar-refractivity contribution in [2.24, 2.45) is 0 Å². The largest absolute Gasteiger partial charge is 0.321 e. The van der Waals surface area contributed by atoms with Crippen LogP contribution in [0.4, 0.5) is 5.69 Å². The van der Waals surface area contributed by atoms with Gasteiger partial charge >= 0.3 is 0 Å². The van der Waals surface area contributed by atoms with Crippen LogP contribution in [0.1, 0.15) is 44.9 Å². The Morgan fingerprint density at radius 3 is 2.68 bits per heavy atom. The average molecular weight is 353 g/mol. The van der Waals surface area contributed by atoms with Crippen molar-refractivity contribution in [3.8, 4) is 0 Å². The third-order valence-electron chi connectivity index (χ3n) is 4.77. The van der Waals surface area contributed by atoms with Gasteiger partial charge < -0.3 is 5.32 Å². The number of nitrogens with zero attached hydrogens (tertiary/aromatic N) is 2. The summed E-state index contributed by atoms with van der Waals surface area (Å²) in [6, 6.07) is 5.82. The summed E-state index contributed by atoms with van der Waals surface area (Å²) in [5.41, 5.74) is 3.54. The van der Waals surface area contributed by atoms with Gasteiger partial charge in [0.05, 0.1) is 0 Å². The number of anilines is 1. The van der Waals surface area contributed by atoms with Crippen molar-refractivity contribution >= 4 is 27.9 Å². The summed E-state index contributed by atoms with van der Waals surface area (Å²) < 4.78 is 1.64. The van der Waals surface area contributed by atoms with E-state index in [-0.39, 0.29) is 11.1 Å². The SMILES string of the molecule is Cc1cccc(C)c1NC(=O)c1cnc2sc3c(n2c1=O)CCCC3. The first-order chi connectivity index (χ1) is 12.1. The molecule has 0 saturated heterocycles. The highest BCUT2D eigenvalue weighted by molar-refractivity contribution is 7.17. The lowest BCUT2D eigenvalue weighted by Gasteiger charge is -2.12. The molecule has 5 nitrogen and oxygen atoms in total. The minimum absolute atomic E-state index is 0.0892. The van der Waals surface area contributed by atoms with E-state index in [1.165, 1.54) is 11.1 Å². The first kappa shape index (κ1) is 16.0. The molecule has 0 spiro atoms. The molecular weight excluding hydrogens is 334 g/mol. The van der Waals surface area contributed by atoms with Gasteiger partial charge in [-0.1, -0.05) is 18.2 Å². The summed E-state index contributed by atoms with van der Waals surface area (Å²) in [4.78, 5) is 31.9. The zero-order valence-corrected chi connectivity index (χ0v) is 15.1. The number of carbonyl (C=O) groups is 1. The van der Waals surface area contributed by atoms with Gasteiger partial charge in [-0.05, 0) is 50.7 Å². The quantitative estimate of drug-likeness (QED) is 0.767. The zero-order valence-electron chi connectivity index (χ0n) is 14.3. The number of aromatic nitrogens is 2. The van der Waals surface area contributed by atoms with Gasteiger partial charge in [0.1, 0.15) is 5.56 Å². The normalized spacial score (nSPS) is 13.7. The predicted molar refractivity (Wildman–Crippen MR) is 99.9 cm³/mol. The number of fused-ring (bicyclic) bond motifs is 3. The van der Waals surface area contributed by atoms with Gasteiger partial charge in [0.25, 0.3) is 11.5 Å². The molecule has 0 saturated carbocycles. The molecule has 2 aromatic heterocycles. The number of rotatable bonds is 2. The summed E-state index contributed by atoms with van der Waals surface area (Å²) >= 11 is 1.56. The van der Waals surface area contributed by atoms with Gasteiger partial charge in [0.2, 0.25) is 0 Å². The van der Waals surface area contributed by atoms with Crippen LogP contribution >= 0.6 is 11.3 Å². The van der Waals surface area contributed by atoms with Crippen molar-refractivity contribution in [1.29, 1.82) is 0 Å². The maximum absolute atomic E-state index is 12.9. The van der Waals surface area contributed by atoms with Crippen molar-refractivity contribution in [2.75, 3.05) is 5.32 Å². The predicted octanol–water partition coefficient (Wildman–Crippen LogP) is 3.50. The van der Waals surface area contributed by atoms with Gasteiger partial charge in [-0.3, -0.25) is 14.0 Å². The molecular formula is C19H19N3O2S. The van der Waals surface area contributed by atoms with Crippen molar-refractivity contribution < 1.29 is 4.79 Å². The molecule has 2 heterocycles. The number of hydrogen-bond acceptors (Lipinski definition) is 4. The fraction of sp³-hybridized carbons (Fsp3) is 0.316. The second-order valence-electron chi connectivity index (χ2n) is 6.49. The molecule has 4 rings (SSSR count). The van der Waals surface area contributed by atoms with E-state index in [2.05, 4.69) is 10.3 Å². The molecule has 1 N–H and O–H groups in total. The molecule has 3 aromatic rings. The van der Waals surface area contributed by atoms with Crippen molar-refractivity contribution in [3.05, 3.63) is 62.0 Å². The Kier molecular flexibility index (Phi) is 3.92. The monoisotopic (exact) mass is 353 g/mol. The van der Waals surface area contributed by atoms with Crippen LogP contribution in [0.3, 0.4) is 0 Å². The van der Waals surface area contributed by atoms with Gasteiger partial charge in [0, 0.05) is 22.5 Å². The van der Waals surface area contributed by atoms with E-state index >= 15 is 0 Å². The molecule has 0 atom stereocenters. The summed E-state index contributed by atoms with van der Waals surface area (Å²) in [7, 11) is 0. The molecule has 1 aliphatic carbocycles. The second kappa shape index (κ2) is 6.11. The highest BCUT2D eigenvalue weighted by Gasteiger charge is 2.21. The van der Waals surface area contributed by atoms with Crippen LogP contribution in [-0.2, 0) is 12.8 Å². The molecule has 0 fully saturated rings. The second-order valence-corrected chi connectivity index (χ2v) is 7.56. The summed E-state index contributed by atoms with van der Waals surface area (Å²) in [6.07, 6.45) is 5.49. The lowest BCUT2D eigenvalue weighted by atomic mass is 10.0. The molecule has 0 unspecified atom stereocenters. The van der Waals surface area contributed by atoms with Crippen LogP contribution in [0, 0.1) is 13.8 Å². The van der Waals surface area contributed by atoms with Crippen LogP contribution in [0.15, 0.2) is 29.2 Å². The number of carbonyl (C=O) groups excluding carboxylic acids is 1. The van der Waals surface area contributed by atoms with Crippen LogP contribution in [0.2, 0.25) is 0 Å². The molecule has 0 bridgehead atoms. The highest BCUT2D eigenvalue weighted by Crippen LogP contribution is 2.28. The molecule has 1 aromatic carbocycles. The third kappa shape index (κ3) is 2.66. The standard InChI is InChI=1S/C19H19N3O2S/c1-11-6-5-7-12(2)16(11)21-17(23)13-10-20-19-22(18(13)24)14-8-3-4-9-15(14)25-19/h5-7,10H,3-4,8-9H2,1-2H3,(H,21,23). The number of amides is 1. The Bertz CT molecular complexity index is 1030. The summed E-state index contributed by atoms with van der Waals surface area (Å²) in [6.45, 7) is 3.87. The lowest BCUT2D eigenvalue weighted by molar-refractivity contribution is 0.102. The number of para-hydroxylation sites is 1. The molecule has 0 aliphatic heterocycles. The Morgan fingerprint density at radius 2 is 1.92 bits per heavy atom. The number of thiazole rings is 1. The van der Waals surface area contributed by atoms with E-state index in [1.54, 1.807) is 15.7 Å². The number of benzene rings is 1. The van der Waals surface area contributed by atoms with Crippen molar-refractivity contribution in [1.82, 2.24) is 9.38 Å². The fourth-order valence-electron chi connectivity index (χ4n) is 3.42. The Balaban J connectivity index is 1.78. The van der Waals surface area contributed by atoms with Gasteiger partial charge in [-0.15, -0.1) is 11.3 Å². The van der Waals surface area contributed by atoms with Gasteiger partial charge in [-0.25, -0.2) is 4.98 Å². The molecule has 1 amide bonds. The number of nitrogens with one attached hydrogen (secondary N) is 1. The van der Waals surface area contributed by atoms with Gasteiger partial charge in [-0.2, -0.15) is 0 Å². The molecule has 6 heteroatoms. The zero-order chi connectivity index (χ0) is 17.6. The van der Waals surface area contributed by atoms with Crippen molar-refractivity contribution in [3.63, 3.8) is 0 Å². The smallest absolute Gasteiger partial charge is 0.271 e. The van der Waals surface area contributed by atoms with Crippen LogP contribution in [0.5, 0.6) is 0 Å². The summed E-state index contributed by atoms with van der Waals surface area (Å²) in [5.74, 6) is -0.403. The lowest BCUT2D eigenvalue weighted by Crippen LogP contribution is -2.28. The van der Waals surface area contributed by atoms with E-state index in [1.807, 2.05) is 32.0 Å². The number of hydrogen-bond donors (Lipinski definition) is 1. The van der Waals surface area contributed by atoms with E-state index in [0.29, 0.717) is 4.96 Å². The maximum Gasteiger partial charge on any atom is 0.271 e. The maximum atomic E-state index is 12.9. The molecule has 0 radical (unpaired) electrons. The van der Waals surface area contributed by atoms with Crippen LogP contribution in [-0.4, -0.2) is 15.3 Å². The fourth-order valence-corrected chi connectivity index (χ4v) is 4.58. The molecule has 128 valence electrons. The summed E-state index contributed by atoms with van der Waals surface area (Å²) in [5, 5.41) is 2.88. The first-order valence-electron chi connectivity index (χ1n) is 8.46. The van der Waals surface area contributed by atoms with Crippen LogP contribution < -0.4 is 10.9 Å². The Labute approximate surface area is 149 Å².